The predicted molar refractivity (Wildman–Crippen MR) is 125 cm³/mol. The number of hydrogen-bond acceptors (Lipinski definition) is 10. The molecule has 1 fully saturated rings. The molecule has 0 bridgehead atoms. The van der Waals surface area contributed by atoms with Crippen molar-refractivity contribution >= 4 is 21.9 Å². The molecule has 1 aliphatic rings. The van der Waals surface area contributed by atoms with Crippen LogP contribution in [0.4, 0.5) is 10.2 Å². The quantitative estimate of drug-likeness (QED) is 0.285. The van der Waals surface area contributed by atoms with Crippen LogP contribution < -0.4 is 10.0 Å². The lowest BCUT2D eigenvalue weighted by molar-refractivity contribution is -0.00882. The summed E-state index contributed by atoms with van der Waals surface area (Å²) in [5, 5.41) is 27.8. The zero-order valence-corrected chi connectivity index (χ0v) is 20.2. The molecule has 0 amide bonds. The van der Waals surface area contributed by atoms with E-state index >= 15 is 0 Å². The molecule has 0 aliphatic heterocycles. The second-order valence-electron chi connectivity index (χ2n) is 8.36. The van der Waals surface area contributed by atoms with Crippen molar-refractivity contribution < 1.29 is 32.0 Å². The largest absolute Gasteiger partial charge is 0.388 e. The summed E-state index contributed by atoms with van der Waals surface area (Å²) in [4.78, 5) is 21.1. The minimum atomic E-state index is -4.10. The lowest BCUT2D eigenvalue weighted by Crippen LogP contribution is -2.38. The van der Waals surface area contributed by atoms with E-state index in [0.29, 0.717) is 11.1 Å². The first-order valence-electron chi connectivity index (χ1n) is 11.0. The number of nitrogens with zero attached hydrogens (tertiary/aromatic N) is 4. The van der Waals surface area contributed by atoms with Crippen molar-refractivity contribution in [1.82, 2.24) is 24.5 Å². The number of halogens is 1. The van der Waals surface area contributed by atoms with Crippen LogP contribution in [0.15, 0.2) is 43.0 Å². The first-order valence-corrected chi connectivity index (χ1v) is 12.4. The molecular weight excluding hydrogens is 495 g/mol. The van der Waals surface area contributed by atoms with Crippen molar-refractivity contribution in [2.45, 2.75) is 44.2 Å². The number of ketones is 1. The number of nitrogens with one attached hydrogen (secondary N) is 2. The number of hydrogen-bond donors (Lipinski definition) is 4. The Bertz CT molecular complexity index is 1370. The van der Waals surface area contributed by atoms with Crippen LogP contribution in [0.25, 0.3) is 0 Å². The first-order chi connectivity index (χ1) is 17.1. The number of aliphatic hydroxyl groups excluding tert-OH is 2. The van der Waals surface area contributed by atoms with Crippen LogP contribution in [-0.4, -0.2) is 75.6 Å². The average molecular weight is 521 g/mol. The average Bonchev–Trinajstić information content (AvgIpc) is 3.41. The number of carbonyl (C=O) groups excluding carboxylic acids is 1. The van der Waals surface area contributed by atoms with Crippen LogP contribution in [-0.2, 0) is 21.0 Å². The second-order valence-corrected chi connectivity index (χ2v) is 9.87. The normalized spacial score (nSPS) is 22.0. The second kappa shape index (κ2) is 10.4. The summed E-state index contributed by atoms with van der Waals surface area (Å²) in [6.07, 6.45) is -0.114. The molecule has 0 unspecified atom stereocenters. The zero-order chi connectivity index (χ0) is 26.0. The lowest BCUT2D eigenvalue weighted by Gasteiger charge is -2.19. The van der Waals surface area contributed by atoms with E-state index in [9.17, 15) is 27.8 Å². The number of aliphatic hydroxyl groups is 2. The van der Waals surface area contributed by atoms with Crippen LogP contribution in [0.1, 0.15) is 33.6 Å². The molecule has 0 radical (unpaired) electrons. The Morgan fingerprint density at radius 3 is 2.78 bits per heavy atom. The van der Waals surface area contributed by atoms with E-state index in [1.54, 1.807) is 25.3 Å². The van der Waals surface area contributed by atoms with Gasteiger partial charge in [0, 0.05) is 25.9 Å². The third-order valence-corrected chi connectivity index (χ3v) is 6.86. The Kier molecular flexibility index (Phi) is 7.42. The molecule has 14 heteroatoms. The van der Waals surface area contributed by atoms with Crippen molar-refractivity contribution in [2.24, 2.45) is 0 Å². The van der Waals surface area contributed by atoms with Gasteiger partial charge >= 0.3 is 10.3 Å². The van der Waals surface area contributed by atoms with Crippen LogP contribution in [0.2, 0.25) is 0 Å². The summed E-state index contributed by atoms with van der Waals surface area (Å²) in [6.45, 7) is 1.92. The fourth-order valence-electron chi connectivity index (χ4n) is 3.86. The molecule has 0 saturated heterocycles. The predicted octanol–water partition coefficient (Wildman–Crippen LogP) is 0.155. The van der Waals surface area contributed by atoms with Gasteiger partial charge in [0.2, 0.25) is 5.78 Å². The van der Waals surface area contributed by atoms with E-state index in [1.807, 2.05) is 4.72 Å². The molecule has 4 N–H and O–H groups in total. The number of aromatic nitrogens is 4. The summed E-state index contributed by atoms with van der Waals surface area (Å²) in [5.41, 5.74) is 1.35. The molecule has 192 valence electrons. The minimum absolute atomic E-state index is 0.0537. The van der Waals surface area contributed by atoms with Gasteiger partial charge in [0.1, 0.15) is 42.0 Å². The molecule has 3 aromatic rings. The van der Waals surface area contributed by atoms with Crippen LogP contribution >= 0.6 is 0 Å². The molecule has 1 saturated carbocycles. The van der Waals surface area contributed by atoms with E-state index in [4.69, 9.17) is 4.18 Å². The van der Waals surface area contributed by atoms with Gasteiger partial charge in [-0.3, -0.25) is 13.7 Å². The molecule has 4 atom stereocenters. The van der Waals surface area contributed by atoms with Gasteiger partial charge in [0.15, 0.2) is 0 Å². The van der Waals surface area contributed by atoms with Gasteiger partial charge in [0.25, 0.3) is 0 Å². The van der Waals surface area contributed by atoms with Crippen LogP contribution in [0.3, 0.4) is 0 Å². The van der Waals surface area contributed by atoms with E-state index < -0.39 is 40.4 Å². The zero-order valence-electron chi connectivity index (χ0n) is 19.4. The van der Waals surface area contributed by atoms with Crippen molar-refractivity contribution in [3.63, 3.8) is 0 Å². The van der Waals surface area contributed by atoms with Gasteiger partial charge in [-0.05, 0) is 30.2 Å². The third-order valence-electron chi connectivity index (χ3n) is 5.86. The van der Waals surface area contributed by atoms with Crippen LogP contribution in [0, 0.1) is 12.7 Å². The maximum absolute atomic E-state index is 13.8. The molecule has 2 aromatic heterocycles. The Balaban J connectivity index is 1.49. The van der Waals surface area contributed by atoms with Gasteiger partial charge in [0.05, 0.1) is 18.2 Å². The fourth-order valence-corrected chi connectivity index (χ4v) is 4.47. The summed E-state index contributed by atoms with van der Waals surface area (Å²) < 4.78 is 45.6. The number of aryl methyl sites for hydroxylation is 1. The number of rotatable bonds is 9. The topological polar surface area (TPSA) is 169 Å². The molecular formula is C22H25FN6O6S. The van der Waals surface area contributed by atoms with E-state index in [0.717, 1.165) is 7.05 Å². The monoisotopic (exact) mass is 520 g/mol. The standard InChI is InChI=1S/C22H25FN6O6S/c1-12-3-4-13(7-15(12)23)10-29-6-5-16(28-29)19(30)14-9-25-11-26-22(14)27-17-8-18(21(32)20(17)31)35-36(33,34)24-2/h3-7,9,11,17-18,20-21,24,31-32H,8,10H2,1-2H3,(H,25,26,27)/t17-,18-,20+,21+/m1/s1. The molecule has 12 nitrogen and oxygen atoms in total. The van der Waals surface area contributed by atoms with Crippen molar-refractivity contribution in [1.29, 1.82) is 0 Å². The summed E-state index contributed by atoms with van der Waals surface area (Å²) in [7, 11) is -2.94. The Labute approximate surface area is 206 Å². The van der Waals surface area contributed by atoms with Gasteiger partial charge in [-0.2, -0.15) is 18.2 Å². The Morgan fingerprint density at radius 2 is 2.06 bits per heavy atom. The fraction of sp³-hybridized carbons (Fsp3) is 0.364. The van der Waals surface area contributed by atoms with Crippen molar-refractivity contribution in [3.05, 3.63) is 71.2 Å². The maximum Gasteiger partial charge on any atom is 0.335 e. The molecule has 36 heavy (non-hydrogen) atoms. The summed E-state index contributed by atoms with van der Waals surface area (Å²) in [5.74, 6) is -0.771. The number of carbonyl (C=O) groups is 1. The SMILES string of the molecule is CNS(=O)(=O)O[C@@H]1C[C@@H](Nc2ncncc2C(=O)c2ccn(Cc3ccc(C)c(F)c3)n2)[C@H](O)[C@H]1O. The Morgan fingerprint density at radius 1 is 1.28 bits per heavy atom. The molecule has 1 aliphatic carbocycles. The van der Waals surface area contributed by atoms with Gasteiger partial charge in [-0.25, -0.2) is 14.4 Å². The third kappa shape index (κ3) is 5.57. The van der Waals surface area contributed by atoms with Crippen LogP contribution in [0.5, 0.6) is 0 Å². The van der Waals surface area contributed by atoms with Crippen molar-refractivity contribution in [3.8, 4) is 0 Å². The smallest absolute Gasteiger partial charge is 0.335 e. The molecule has 1 aromatic carbocycles. The molecule has 0 spiro atoms. The molecule has 2 heterocycles. The highest BCUT2D eigenvalue weighted by molar-refractivity contribution is 7.84. The van der Waals surface area contributed by atoms with Crippen molar-refractivity contribution in [2.75, 3.05) is 12.4 Å². The van der Waals surface area contributed by atoms with E-state index in [1.165, 1.54) is 29.3 Å². The molecule has 4 rings (SSSR count). The minimum Gasteiger partial charge on any atom is -0.388 e. The maximum atomic E-state index is 13.8. The van der Waals surface area contributed by atoms with Gasteiger partial charge in [-0.1, -0.05) is 12.1 Å². The number of anilines is 1. The lowest BCUT2D eigenvalue weighted by atomic mass is 10.1. The highest BCUT2D eigenvalue weighted by atomic mass is 32.2. The summed E-state index contributed by atoms with van der Waals surface area (Å²) >= 11 is 0. The van der Waals surface area contributed by atoms with Gasteiger partial charge < -0.3 is 15.5 Å². The van der Waals surface area contributed by atoms with Gasteiger partial charge in [-0.15, -0.1) is 0 Å². The Hall–Kier alpha value is -3.30. The first kappa shape index (κ1) is 25.8. The highest BCUT2D eigenvalue weighted by Crippen LogP contribution is 2.28. The van der Waals surface area contributed by atoms with E-state index in [-0.39, 0.29) is 35.9 Å². The highest BCUT2D eigenvalue weighted by Gasteiger charge is 2.44. The van der Waals surface area contributed by atoms with E-state index in [2.05, 4.69) is 20.4 Å². The number of benzene rings is 1. The summed E-state index contributed by atoms with van der Waals surface area (Å²) in [6, 6.07) is 5.48.